The normalized spacial score (nSPS) is 12.4. The first-order valence-electron chi connectivity index (χ1n) is 5.06. The molecule has 88 valence electrons. The third-order valence-corrected chi connectivity index (χ3v) is 2.14. The first-order chi connectivity index (χ1) is 7.63. The number of hydrogen-bond acceptors (Lipinski definition) is 3. The van der Waals surface area contributed by atoms with Crippen LogP contribution in [0, 0.1) is 0 Å². The zero-order valence-corrected chi connectivity index (χ0v) is 9.47. The van der Waals surface area contributed by atoms with Gasteiger partial charge in [-0.2, -0.15) is 0 Å². The summed E-state index contributed by atoms with van der Waals surface area (Å²) in [6.07, 6.45) is 0.0316. The second-order valence-corrected chi connectivity index (χ2v) is 3.58. The van der Waals surface area contributed by atoms with Crippen molar-refractivity contribution in [2.75, 3.05) is 13.7 Å². The van der Waals surface area contributed by atoms with Gasteiger partial charge in [0.25, 0.3) is 0 Å². The second-order valence-electron chi connectivity index (χ2n) is 3.58. The van der Waals surface area contributed by atoms with Crippen molar-refractivity contribution in [3.63, 3.8) is 0 Å². The van der Waals surface area contributed by atoms with Crippen molar-refractivity contribution in [2.45, 2.75) is 19.6 Å². The largest absolute Gasteiger partial charge is 0.478 e. The summed E-state index contributed by atoms with van der Waals surface area (Å²) in [5.41, 5.74) is 1.24. The van der Waals surface area contributed by atoms with Crippen molar-refractivity contribution >= 4 is 5.97 Å². The summed E-state index contributed by atoms with van der Waals surface area (Å²) >= 11 is 0. The molecule has 0 spiro atoms. The van der Waals surface area contributed by atoms with Gasteiger partial charge in [-0.15, -0.1) is 0 Å². The number of benzene rings is 1. The molecule has 4 nitrogen and oxygen atoms in total. The molecular weight excluding hydrogens is 208 g/mol. The Bertz CT molecular complexity index is 331. The molecule has 16 heavy (non-hydrogen) atoms. The summed E-state index contributed by atoms with van der Waals surface area (Å²) in [6.45, 7) is 2.94. The molecule has 0 aliphatic carbocycles. The third kappa shape index (κ3) is 4.00. The van der Waals surface area contributed by atoms with Crippen LogP contribution in [0.4, 0.5) is 0 Å². The molecule has 0 aromatic heterocycles. The number of carboxylic acids is 1. The highest BCUT2D eigenvalue weighted by molar-refractivity contribution is 5.87. The van der Waals surface area contributed by atoms with Crippen LogP contribution >= 0.6 is 0 Å². The van der Waals surface area contributed by atoms with E-state index >= 15 is 0 Å². The number of aromatic carboxylic acids is 1. The SMILES string of the molecule is COCC(C)OCc1ccc(C(=O)O)cc1. The Kier molecular flexibility index (Phi) is 4.95. The van der Waals surface area contributed by atoms with E-state index in [2.05, 4.69) is 0 Å². The zero-order chi connectivity index (χ0) is 12.0. The summed E-state index contributed by atoms with van der Waals surface area (Å²) in [5.74, 6) is -0.916. The molecule has 0 aliphatic heterocycles. The monoisotopic (exact) mass is 224 g/mol. The minimum Gasteiger partial charge on any atom is -0.478 e. The van der Waals surface area contributed by atoms with Gasteiger partial charge in [0, 0.05) is 7.11 Å². The Morgan fingerprint density at radius 3 is 2.50 bits per heavy atom. The topological polar surface area (TPSA) is 55.8 Å². The summed E-state index contributed by atoms with van der Waals surface area (Å²) < 4.78 is 10.4. The lowest BCUT2D eigenvalue weighted by atomic mass is 10.1. The number of ether oxygens (including phenoxy) is 2. The summed E-state index contributed by atoms with van der Waals surface area (Å²) in [4.78, 5) is 10.6. The van der Waals surface area contributed by atoms with Crippen molar-refractivity contribution in [3.8, 4) is 0 Å². The highest BCUT2D eigenvalue weighted by Crippen LogP contribution is 2.07. The minimum absolute atomic E-state index is 0.0316. The molecule has 0 radical (unpaired) electrons. The number of carboxylic acid groups (broad SMARTS) is 1. The van der Waals surface area contributed by atoms with Crippen LogP contribution in [0.1, 0.15) is 22.8 Å². The molecule has 1 atom stereocenters. The molecule has 0 heterocycles. The first kappa shape index (κ1) is 12.7. The van der Waals surface area contributed by atoms with E-state index in [0.717, 1.165) is 5.56 Å². The smallest absolute Gasteiger partial charge is 0.335 e. The van der Waals surface area contributed by atoms with Crippen LogP contribution in [0.15, 0.2) is 24.3 Å². The van der Waals surface area contributed by atoms with Crippen LogP contribution in [-0.2, 0) is 16.1 Å². The number of rotatable bonds is 6. The Labute approximate surface area is 94.8 Å². The molecular formula is C12H16O4. The molecule has 0 fully saturated rings. The standard InChI is InChI=1S/C12H16O4/c1-9(7-15-2)16-8-10-3-5-11(6-4-10)12(13)14/h3-6,9H,7-8H2,1-2H3,(H,13,14). The molecule has 0 aliphatic rings. The maximum atomic E-state index is 10.6. The van der Waals surface area contributed by atoms with Gasteiger partial charge in [0.2, 0.25) is 0 Å². The fraction of sp³-hybridized carbons (Fsp3) is 0.417. The fourth-order valence-electron chi connectivity index (χ4n) is 1.26. The molecule has 0 saturated carbocycles. The maximum absolute atomic E-state index is 10.6. The van der Waals surface area contributed by atoms with Crippen LogP contribution in [0.5, 0.6) is 0 Å². The molecule has 1 aromatic carbocycles. The van der Waals surface area contributed by atoms with Crippen molar-refractivity contribution in [3.05, 3.63) is 35.4 Å². The van der Waals surface area contributed by atoms with E-state index in [1.807, 2.05) is 6.92 Å². The van der Waals surface area contributed by atoms with Crippen LogP contribution in [0.2, 0.25) is 0 Å². The van der Waals surface area contributed by atoms with Crippen LogP contribution < -0.4 is 0 Å². The molecule has 0 amide bonds. The number of hydrogen-bond donors (Lipinski definition) is 1. The Morgan fingerprint density at radius 2 is 2.00 bits per heavy atom. The van der Waals surface area contributed by atoms with E-state index in [4.69, 9.17) is 14.6 Å². The Balaban J connectivity index is 2.46. The van der Waals surface area contributed by atoms with Crippen LogP contribution in [-0.4, -0.2) is 30.9 Å². The number of carbonyl (C=O) groups is 1. The lowest BCUT2D eigenvalue weighted by molar-refractivity contribution is -0.000135. The Morgan fingerprint density at radius 1 is 1.38 bits per heavy atom. The second kappa shape index (κ2) is 6.25. The van der Waals surface area contributed by atoms with Crippen LogP contribution in [0.3, 0.4) is 0 Å². The van der Waals surface area contributed by atoms with E-state index in [9.17, 15) is 4.79 Å². The van der Waals surface area contributed by atoms with Gasteiger partial charge >= 0.3 is 5.97 Å². The maximum Gasteiger partial charge on any atom is 0.335 e. The number of methoxy groups -OCH3 is 1. The quantitative estimate of drug-likeness (QED) is 0.802. The Hall–Kier alpha value is -1.39. The van der Waals surface area contributed by atoms with E-state index < -0.39 is 5.97 Å². The van der Waals surface area contributed by atoms with Gasteiger partial charge in [0.05, 0.1) is 24.9 Å². The van der Waals surface area contributed by atoms with Crippen molar-refractivity contribution in [2.24, 2.45) is 0 Å². The van der Waals surface area contributed by atoms with E-state index in [1.54, 1.807) is 31.4 Å². The van der Waals surface area contributed by atoms with Gasteiger partial charge in [-0.05, 0) is 24.6 Å². The van der Waals surface area contributed by atoms with Gasteiger partial charge in [0.1, 0.15) is 0 Å². The van der Waals surface area contributed by atoms with E-state index in [1.165, 1.54) is 0 Å². The summed E-state index contributed by atoms with van der Waals surface area (Å²) in [6, 6.07) is 6.65. The van der Waals surface area contributed by atoms with Gasteiger partial charge in [0.15, 0.2) is 0 Å². The molecule has 1 unspecified atom stereocenters. The van der Waals surface area contributed by atoms with E-state index in [0.29, 0.717) is 13.2 Å². The van der Waals surface area contributed by atoms with Crippen molar-refractivity contribution < 1.29 is 19.4 Å². The summed E-state index contributed by atoms with van der Waals surface area (Å²) in [7, 11) is 1.63. The van der Waals surface area contributed by atoms with Crippen molar-refractivity contribution in [1.82, 2.24) is 0 Å². The predicted octanol–water partition coefficient (Wildman–Crippen LogP) is 1.94. The van der Waals surface area contributed by atoms with Crippen molar-refractivity contribution in [1.29, 1.82) is 0 Å². The minimum atomic E-state index is -0.916. The molecule has 0 saturated heterocycles. The van der Waals surface area contributed by atoms with Gasteiger partial charge in [-0.25, -0.2) is 4.79 Å². The first-order valence-corrected chi connectivity index (χ1v) is 5.06. The van der Waals surface area contributed by atoms with E-state index in [-0.39, 0.29) is 11.7 Å². The third-order valence-electron chi connectivity index (χ3n) is 2.14. The molecule has 1 rings (SSSR count). The average Bonchev–Trinajstić information content (AvgIpc) is 2.27. The van der Waals surface area contributed by atoms with Gasteiger partial charge in [-0.1, -0.05) is 12.1 Å². The summed E-state index contributed by atoms with van der Waals surface area (Å²) in [5, 5.41) is 8.72. The lowest BCUT2D eigenvalue weighted by Gasteiger charge is -2.11. The van der Waals surface area contributed by atoms with Gasteiger partial charge < -0.3 is 14.6 Å². The van der Waals surface area contributed by atoms with Crippen LogP contribution in [0.25, 0.3) is 0 Å². The molecule has 0 bridgehead atoms. The van der Waals surface area contributed by atoms with Gasteiger partial charge in [-0.3, -0.25) is 0 Å². The fourth-order valence-corrected chi connectivity index (χ4v) is 1.26. The highest BCUT2D eigenvalue weighted by Gasteiger charge is 2.04. The predicted molar refractivity (Wildman–Crippen MR) is 59.5 cm³/mol. The molecule has 4 heteroatoms. The molecule has 1 aromatic rings. The lowest BCUT2D eigenvalue weighted by Crippen LogP contribution is -2.14. The average molecular weight is 224 g/mol. The molecule has 1 N–H and O–H groups in total. The highest BCUT2D eigenvalue weighted by atomic mass is 16.5. The zero-order valence-electron chi connectivity index (χ0n) is 9.47.